The number of ether oxygens (including phenoxy) is 1. The number of aromatic nitrogens is 2. The first-order valence-corrected chi connectivity index (χ1v) is 10.7. The summed E-state index contributed by atoms with van der Waals surface area (Å²) in [5.74, 6) is 0.289. The monoisotopic (exact) mass is 420 g/mol. The van der Waals surface area contributed by atoms with Crippen molar-refractivity contribution in [2.45, 2.75) is 45.3 Å². The number of carbonyl (C=O) groups is 1. The summed E-state index contributed by atoms with van der Waals surface area (Å²) in [7, 11) is 0. The molecule has 29 heavy (non-hydrogen) atoms. The molecule has 0 radical (unpaired) electrons. The van der Waals surface area contributed by atoms with Crippen LogP contribution < -0.4 is 5.32 Å². The summed E-state index contributed by atoms with van der Waals surface area (Å²) in [6, 6.07) is 3.77. The van der Waals surface area contributed by atoms with E-state index in [4.69, 9.17) is 16.3 Å². The summed E-state index contributed by atoms with van der Waals surface area (Å²) in [5, 5.41) is 22.9. The Kier molecular flexibility index (Phi) is 5.73. The molecule has 1 unspecified atom stereocenters. The maximum atomic E-state index is 12.5. The topological polar surface area (TPSA) is 90.5 Å². The number of urea groups is 1. The number of amides is 2. The molecule has 3 N–H and O–H groups in total. The van der Waals surface area contributed by atoms with E-state index < -0.39 is 6.10 Å². The van der Waals surface area contributed by atoms with Crippen LogP contribution in [0.5, 0.6) is 0 Å². The minimum atomic E-state index is -0.678. The molecule has 8 heteroatoms. The van der Waals surface area contributed by atoms with Gasteiger partial charge in [-0.3, -0.25) is 5.10 Å². The van der Waals surface area contributed by atoms with Crippen LogP contribution in [0.1, 0.15) is 44.8 Å². The third-order valence-corrected chi connectivity index (χ3v) is 6.86. The molecule has 1 aromatic carbocycles. The van der Waals surface area contributed by atoms with Gasteiger partial charge in [0.2, 0.25) is 0 Å². The number of aliphatic hydroxyl groups is 1. The minimum absolute atomic E-state index is 0.00717. The number of benzene rings is 1. The third-order valence-electron chi connectivity index (χ3n) is 6.65. The zero-order valence-electron chi connectivity index (χ0n) is 16.9. The van der Waals surface area contributed by atoms with Crippen molar-refractivity contribution in [2.24, 2.45) is 11.3 Å². The lowest BCUT2D eigenvalue weighted by Crippen LogP contribution is -2.49. The van der Waals surface area contributed by atoms with Gasteiger partial charge >= 0.3 is 6.03 Å². The first kappa shape index (κ1) is 20.4. The maximum Gasteiger partial charge on any atom is 0.317 e. The van der Waals surface area contributed by atoms with Crippen LogP contribution in [-0.4, -0.2) is 58.6 Å². The molecule has 3 heterocycles. The highest BCUT2D eigenvalue weighted by Crippen LogP contribution is 2.46. The van der Waals surface area contributed by atoms with E-state index in [1.807, 2.05) is 17.0 Å². The van der Waals surface area contributed by atoms with Gasteiger partial charge in [-0.05, 0) is 48.3 Å². The van der Waals surface area contributed by atoms with E-state index in [9.17, 15) is 9.90 Å². The number of hydrogen-bond acceptors (Lipinski definition) is 4. The van der Waals surface area contributed by atoms with Crippen molar-refractivity contribution < 1.29 is 14.6 Å². The molecule has 1 aromatic heterocycles. The Hall–Kier alpha value is -1.83. The van der Waals surface area contributed by atoms with Gasteiger partial charge in [-0.25, -0.2) is 4.79 Å². The van der Waals surface area contributed by atoms with Gasteiger partial charge in [0.1, 0.15) is 0 Å². The number of carbonyl (C=O) groups excluding carboxylic acids is 1. The predicted molar refractivity (Wildman–Crippen MR) is 112 cm³/mol. The first-order chi connectivity index (χ1) is 13.9. The van der Waals surface area contributed by atoms with Gasteiger partial charge < -0.3 is 20.1 Å². The fourth-order valence-electron chi connectivity index (χ4n) is 4.63. The number of nitrogens with zero attached hydrogens (tertiary/aromatic N) is 2. The number of nitrogens with one attached hydrogen (secondary N) is 2. The number of likely N-dealkylation sites (tertiary alicyclic amines) is 1. The van der Waals surface area contributed by atoms with Gasteiger partial charge in [0.05, 0.1) is 30.5 Å². The first-order valence-electron chi connectivity index (χ1n) is 10.3. The van der Waals surface area contributed by atoms with Crippen molar-refractivity contribution in [3.63, 3.8) is 0 Å². The van der Waals surface area contributed by atoms with E-state index in [-0.39, 0.29) is 23.4 Å². The van der Waals surface area contributed by atoms with E-state index in [1.54, 1.807) is 6.20 Å². The lowest BCUT2D eigenvalue weighted by Gasteiger charge is -2.43. The summed E-state index contributed by atoms with van der Waals surface area (Å²) in [4.78, 5) is 14.4. The summed E-state index contributed by atoms with van der Waals surface area (Å²) in [6.45, 7) is 6.89. The van der Waals surface area contributed by atoms with E-state index in [2.05, 4.69) is 29.4 Å². The van der Waals surface area contributed by atoms with E-state index in [1.165, 1.54) is 0 Å². The molecule has 2 atom stereocenters. The highest BCUT2D eigenvalue weighted by Gasteiger charge is 2.40. The Balaban J connectivity index is 1.42. The fourth-order valence-corrected chi connectivity index (χ4v) is 4.86. The summed E-state index contributed by atoms with van der Waals surface area (Å²) in [6.07, 6.45) is 3.65. The number of rotatable bonds is 4. The summed E-state index contributed by atoms with van der Waals surface area (Å²) in [5.41, 5.74) is 1.26. The van der Waals surface area contributed by atoms with E-state index in [0.29, 0.717) is 31.3 Å². The molecule has 2 aliphatic rings. The Morgan fingerprint density at radius 2 is 2.14 bits per heavy atom. The SMILES string of the molecule is CC(C)(C1CCN(C(=O)N[C@H]2CCOC2)CC1)C(O)c1cc(Cl)cc2[nH]ncc12. The van der Waals surface area contributed by atoms with Crippen LogP contribution in [0, 0.1) is 11.3 Å². The minimum Gasteiger partial charge on any atom is -0.388 e. The Bertz CT molecular complexity index is 870. The van der Waals surface area contributed by atoms with Crippen molar-refractivity contribution in [3.8, 4) is 0 Å². The number of fused-ring (bicyclic) bond motifs is 1. The number of aromatic amines is 1. The lowest BCUT2D eigenvalue weighted by atomic mass is 9.68. The quantitative estimate of drug-likeness (QED) is 0.706. The van der Waals surface area contributed by atoms with Crippen molar-refractivity contribution in [3.05, 3.63) is 28.9 Å². The second-order valence-corrected chi connectivity index (χ2v) is 9.26. The summed E-state index contributed by atoms with van der Waals surface area (Å²) >= 11 is 6.27. The summed E-state index contributed by atoms with van der Waals surface area (Å²) < 4.78 is 5.33. The molecule has 0 bridgehead atoms. The van der Waals surface area contributed by atoms with Crippen LogP contribution >= 0.6 is 11.6 Å². The molecule has 0 spiro atoms. The van der Waals surface area contributed by atoms with Crippen LogP contribution in [0.3, 0.4) is 0 Å². The number of hydrogen-bond donors (Lipinski definition) is 3. The Morgan fingerprint density at radius 1 is 1.38 bits per heavy atom. The van der Waals surface area contributed by atoms with Crippen LogP contribution in [0.25, 0.3) is 10.9 Å². The molecule has 0 saturated carbocycles. The molecule has 2 aromatic rings. The molecule has 4 rings (SSSR count). The molecule has 7 nitrogen and oxygen atoms in total. The van der Waals surface area contributed by atoms with Gasteiger partial charge in [0, 0.05) is 30.1 Å². The van der Waals surface area contributed by atoms with E-state index in [0.717, 1.165) is 35.7 Å². The van der Waals surface area contributed by atoms with Gasteiger partial charge in [-0.2, -0.15) is 5.10 Å². The normalized spacial score (nSPS) is 22.2. The van der Waals surface area contributed by atoms with Gasteiger partial charge in [0.15, 0.2) is 0 Å². The largest absolute Gasteiger partial charge is 0.388 e. The molecule has 2 fully saturated rings. The average molecular weight is 421 g/mol. The molecule has 2 aliphatic heterocycles. The molecule has 2 saturated heterocycles. The van der Waals surface area contributed by atoms with Crippen molar-refractivity contribution in [1.82, 2.24) is 20.4 Å². The molecular formula is C21H29ClN4O3. The second-order valence-electron chi connectivity index (χ2n) is 8.82. The lowest BCUT2D eigenvalue weighted by molar-refractivity contribution is -0.0143. The molecule has 158 valence electrons. The number of H-pyrrole nitrogens is 1. The Labute approximate surface area is 175 Å². The second kappa shape index (κ2) is 8.13. The Morgan fingerprint density at radius 3 is 2.83 bits per heavy atom. The van der Waals surface area contributed by atoms with Crippen molar-refractivity contribution >= 4 is 28.5 Å². The van der Waals surface area contributed by atoms with Crippen LogP contribution in [-0.2, 0) is 4.74 Å². The van der Waals surface area contributed by atoms with Crippen LogP contribution in [0.2, 0.25) is 5.02 Å². The highest BCUT2D eigenvalue weighted by molar-refractivity contribution is 6.31. The molecule has 0 aliphatic carbocycles. The van der Waals surface area contributed by atoms with Gasteiger partial charge in [-0.1, -0.05) is 25.4 Å². The van der Waals surface area contributed by atoms with Gasteiger partial charge in [0.25, 0.3) is 0 Å². The zero-order chi connectivity index (χ0) is 20.6. The highest BCUT2D eigenvalue weighted by atomic mass is 35.5. The number of halogens is 1. The van der Waals surface area contributed by atoms with Crippen molar-refractivity contribution in [1.29, 1.82) is 0 Å². The number of piperidine rings is 1. The third kappa shape index (κ3) is 4.09. The van der Waals surface area contributed by atoms with Crippen LogP contribution in [0.4, 0.5) is 4.79 Å². The maximum absolute atomic E-state index is 12.5. The van der Waals surface area contributed by atoms with E-state index >= 15 is 0 Å². The molecular weight excluding hydrogens is 392 g/mol. The zero-order valence-corrected chi connectivity index (χ0v) is 17.7. The fraction of sp³-hybridized carbons (Fsp3) is 0.619. The molecule has 2 amide bonds. The van der Waals surface area contributed by atoms with Gasteiger partial charge in [-0.15, -0.1) is 0 Å². The average Bonchev–Trinajstić information content (AvgIpc) is 3.38. The number of aliphatic hydroxyl groups excluding tert-OH is 1. The predicted octanol–water partition coefficient (Wildman–Crippen LogP) is 3.49. The standard InChI is InChI=1S/C21H29ClN4O3/c1-21(2,19(27)16-9-14(22)10-18-17(16)11-23-25-18)13-3-6-26(7-4-13)20(28)24-15-5-8-29-12-15/h9-11,13,15,19,27H,3-8,12H2,1-2H3,(H,23,25)(H,24,28)/t15-,19?/m0/s1. The smallest absolute Gasteiger partial charge is 0.317 e. The van der Waals surface area contributed by atoms with Crippen LogP contribution in [0.15, 0.2) is 18.3 Å². The van der Waals surface area contributed by atoms with Crippen molar-refractivity contribution in [2.75, 3.05) is 26.3 Å².